The number of amides is 1. The number of nitrogens with one attached hydrogen (secondary N) is 1. The number of alkyl halides is 3. The lowest BCUT2D eigenvalue weighted by molar-refractivity contribution is -0.158. The van der Waals surface area contributed by atoms with E-state index in [4.69, 9.17) is 9.47 Å². The molecule has 0 saturated heterocycles. The molecule has 0 aliphatic rings. The number of halogens is 3. The third-order valence-corrected chi connectivity index (χ3v) is 5.18. The van der Waals surface area contributed by atoms with Crippen LogP contribution in [0.5, 0.6) is 5.75 Å². The van der Waals surface area contributed by atoms with Crippen LogP contribution in [0.25, 0.3) is 10.8 Å². The van der Waals surface area contributed by atoms with Crippen molar-refractivity contribution in [3.8, 4) is 5.75 Å². The number of esters is 1. The molecule has 0 aliphatic carbocycles. The molecular formula is C27H26F3NO6. The van der Waals surface area contributed by atoms with Crippen molar-refractivity contribution < 1.29 is 42.1 Å². The smallest absolute Gasteiger partial charge is 0.416 e. The first kappa shape index (κ1) is 27.5. The van der Waals surface area contributed by atoms with E-state index in [-0.39, 0.29) is 17.9 Å². The molecule has 37 heavy (non-hydrogen) atoms. The van der Waals surface area contributed by atoms with Gasteiger partial charge in [0.25, 0.3) is 5.91 Å². The third-order valence-electron chi connectivity index (χ3n) is 5.18. The first-order valence-corrected chi connectivity index (χ1v) is 11.3. The number of hydrogen-bond acceptors (Lipinski definition) is 5. The summed E-state index contributed by atoms with van der Waals surface area (Å²) < 4.78 is 49.6. The van der Waals surface area contributed by atoms with Gasteiger partial charge in [0.1, 0.15) is 24.0 Å². The molecule has 0 saturated carbocycles. The van der Waals surface area contributed by atoms with Gasteiger partial charge in [-0.25, -0.2) is 4.79 Å². The number of ether oxygens (including phenoxy) is 2. The molecular weight excluding hydrogens is 491 g/mol. The summed E-state index contributed by atoms with van der Waals surface area (Å²) in [6.45, 7) is 4.75. The number of benzene rings is 3. The zero-order valence-corrected chi connectivity index (χ0v) is 20.4. The summed E-state index contributed by atoms with van der Waals surface area (Å²) in [6.07, 6.45) is -5.06. The number of carbonyl (C=O) groups excluding carboxylic acids is 2. The Labute approximate surface area is 211 Å². The summed E-state index contributed by atoms with van der Waals surface area (Å²) in [6, 6.07) is 12.9. The van der Waals surface area contributed by atoms with Crippen molar-refractivity contribution in [1.82, 2.24) is 5.32 Å². The van der Waals surface area contributed by atoms with Gasteiger partial charge in [0.2, 0.25) is 0 Å². The van der Waals surface area contributed by atoms with Gasteiger partial charge < -0.3 is 19.9 Å². The molecule has 2 N–H and O–H groups in total. The maximum Gasteiger partial charge on any atom is 0.416 e. The van der Waals surface area contributed by atoms with Crippen LogP contribution in [0.4, 0.5) is 13.2 Å². The Hall–Kier alpha value is -4.08. The summed E-state index contributed by atoms with van der Waals surface area (Å²) in [7, 11) is 0. The van der Waals surface area contributed by atoms with Gasteiger partial charge in [-0.2, -0.15) is 13.2 Å². The molecule has 10 heteroatoms. The van der Waals surface area contributed by atoms with Crippen molar-refractivity contribution in [1.29, 1.82) is 0 Å². The van der Waals surface area contributed by atoms with Gasteiger partial charge in [-0.05, 0) is 49.9 Å². The quantitative estimate of drug-likeness (QED) is 0.391. The number of carbonyl (C=O) groups is 3. The maximum absolute atomic E-state index is 13.1. The van der Waals surface area contributed by atoms with Gasteiger partial charge in [0.05, 0.1) is 17.5 Å². The van der Waals surface area contributed by atoms with Crippen LogP contribution in [0.3, 0.4) is 0 Å². The van der Waals surface area contributed by atoms with Gasteiger partial charge in [-0.1, -0.05) is 42.5 Å². The van der Waals surface area contributed by atoms with Crippen molar-refractivity contribution in [3.05, 3.63) is 77.4 Å². The minimum absolute atomic E-state index is 0.000973. The molecule has 0 heterocycles. The summed E-state index contributed by atoms with van der Waals surface area (Å²) in [4.78, 5) is 37.0. The molecule has 0 aromatic heterocycles. The van der Waals surface area contributed by atoms with E-state index < -0.39 is 47.6 Å². The van der Waals surface area contributed by atoms with Crippen LogP contribution in [0, 0.1) is 0 Å². The van der Waals surface area contributed by atoms with Crippen LogP contribution in [-0.2, 0) is 27.1 Å². The number of rotatable bonds is 8. The topological polar surface area (TPSA) is 102 Å². The molecule has 0 aliphatic heterocycles. The second-order valence-electron chi connectivity index (χ2n) is 9.30. The molecule has 3 rings (SSSR count). The van der Waals surface area contributed by atoms with E-state index in [1.165, 1.54) is 18.2 Å². The van der Waals surface area contributed by atoms with E-state index in [2.05, 4.69) is 5.32 Å². The average Bonchev–Trinajstić information content (AvgIpc) is 2.80. The van der Waals surface area contributed by atoms with Gasteiger partial charge >= 0.3 is 18.1 Å². The predicted octanol–water partition coefficient (Wildman–Crippen LogP) is 5.35. The zero-order valence-electron chi connectivity index (χ0n) is 20.4. The monoisotopic (exact) mass is 517 g/mol. The maximum atomic E-state index is 13.1. The minimum atomic E-state index is -4.47. The Kier molecular flexibility index (Phi) is 8.10. The van der Waals surface area contributed by atoms with Crippen molar-refractivity contribution in [2.45, 2.75) is 51.6 Å². The van der Waals surface area contributed by atoms with E-state index in [0.29, 0.717) is 10.9 Å². The Morgan fingerprint density at radius 1 is 0.946 bits per heavy atom. The first-order chi connectivity index (χ1) is 17.2. The van der Waals surface area contributed by atoms with E-state index >= 15 is 0 Å². The fourth-order valence-electron chi connectivity index (χ4n) is 3.51. The molecule has 3 aromatic carbocycles. The fourth-order valence-corrected chi connectivity index (χ4v) is 3.51. The van der Waals surface area contributed by atoms with Gasteiger partial charge in [0, 0.05) is 5.39 Å². The summed E-state index contributed by atoms with van der Waals surface area (Å²) >= 11 is 0. The van der Waals surface area contributed by atoms with Crippen molar-refractivity contribution in [3.63, 3.8) is 0 Å². The fraction of sp³-hybridized carbons (Fsp3) is 0.296. The van der Waals surface area contributed by atoms with Crippen LogP contribution in [0.1, 0.15) is 48.7 Å². The number of carboxylic acids is 1. The lowest BCUT2D eigenvalue weighted by atomic mass is 10.0. The number of aliphatic carboxylic acids is 1. The highest BCUT2D eigenvalue weighted by Crippen LogP contribution is 2.32. The van der Waals surface area contributed by atoms with Crippen LogP contribution in [0.15, 0.2) is 60.7 Å². The van der Waals surface area contributed by atoms with Crippen LogP contribution < -0.4 is 10.1 Å². The van der Waals surface area contributed by atoms with Crippen molar-refractivity contribution in [2.75, 3.05) is 0 Å². The summed E-state index contributed by atoms with van der Waals surface area (Å²) in [5.74, 6) is -2.90. The predicted molar refractivity (Wildman–Crippen MR) is 129 cm³/mol. The largest absolute Gasteiger partial charge is 0.487 e. The number of fused-ring (bicyclic) bond motifs is 1. The lowest BCUT2D eigenvalue weighted by Gasteiger charge is -2.22. The molecule has 0 fully saturated rings. The van der Waals surface area contributed by atoms with Gasteiger partial charge in [-0.15, -0.1) is 0 Å². The second kappa shape index (κ2) is 10.9. The Morgan fingerprint density at radius 3 is 2.19 bits per heavy atom. The Balaban J connectivity index is 1.86. The molecule has 0 radical (unpaired) electrons. The summed E-state index contributed by atoms with van der Waals surface area (Å²) in [5.41, 5.74) is -1.20. The first-order valence-electron chi connectivity index (χ1n) is 11.3. The van der Waals surface area contributed by atoms with Crippen molar-refractivity contribution >= 4 is 28.6 Å². The molecule has 0 spiro atoms. The molecule has 0 bridgehead atoms. The highest BCUT2D eigenvalue weighted by Gasteiger charge is 2.30. The molecule has 196 valence electrons. The van der Waals surface area contributed by atoms with E-state index in [9.17, 15) is 32.7 Å². The molecule has 1 unspecified atom stereocenters. The van der Waals surface area contributed by atoms with Gasteiger partial charge in [0.15, 0.2) is 0 Å². The third kappa shape index (κ3) is 7.45. The Morgan fingerprint density at radius 2 is 1.59 bits per heavy atom. The average molecular weight is 518 g/mol. The van der Waals surface area contributed by atoms with Crippen LogP contribution in [0.2, 0.25) is 0 Å². The molecule has 1 atom stereocenters. The standard InChI is InChI=1S/C27H26F3NO6/c1-26(2,3)37-22(32)14-21(25(34)35)31-24(33)20-13-10-17-6-4-5-7-19(17)23(20)36-15-16-8-11-18(12-9-16)27(28,29)30/h4-13,21H,14-15H2,1-3H3,(H,31,33)(H,34,35). The Bertz CT molecular complexity index is 1300. The minimum Gasteiger partial charge on any atom is -0.487 e. The number of hydrogen-bond donors (Lipinski definition) is 2. The van der Waals surface area contributed by atoms with Crippen molar-refractivity contribution in [2.24, 2.45) is 0 Å². The summed E-state index contributed by atoms with van der Waals surface area (Å²) in [5, 5.41) is 13.2. The van der Waals surface area contributed by atoms with E-state index in [1.54, 1.807) is 51.1 Å². The second-order valence-corrected chi connectivity index (χ2v) is 9.30. The van der Waals surface area contributed by atoms with Crippen LogP contribution >= 0.6 is 0 Å². The molecule has 1 amide bonds. The highest BCUT2D eigenvalue weighted by atomic mass is 19.4. The van der Waals surface area contributed by atoms with E-state index in [0.717, 1.165) is 17.5 Å². The SMILES string of the molecule is CC(C)(C)OC(=O)CC(NC(=O)c1ccc2ccccc2c1OCc1ccc(C(F)(F)F)cc1)C(=O)O. The lowest BCUT2D eigenvalue weighted by Crippen LogP contribution is -2.43. The normalized spacial score (nSPS) is 12.6. The zero-order chi connectivity index (χ0) is 27.4. The van der Waals surface area contributed by atoms with Gasteiger partial charge in [-0.3, -0.25) is 9.59 Å². The number of carboxylic acid groups (broad SMARTS) is 1. The molecule has 7 nitrogen and oxygen atoms in total. The highest BCUT2D eigenvalue weighted by molar-refractivity contribution is 6.05. The van der Waals surface area contributed by atoms with Crippen LogP contribution in [-0.4, -0.2) is 34.6 Å². The molecule has 3 aromatic rings. The van der Waals surface area contributed by atoms with E-state index in [1.807, 2.05) is 0 Å².